The molecular formula is C22H23N3O4S2. The summed E-state index contributed by atoms with van der Waals surface area (Å²) in [6.07, 6.45) is 6.07. The van der Waals surface area contributed by atoms with E-state index in [4.69, 9.17) is 4.52 Å². The highest BCUT2D eigenvalue weighted by Crippen LogP contribution is 2.32. The minimum absolute atomic E-state index is 0.0244. The molecule has 1 fully saturated rings. The van der Waals surface area contributed by atoms with Gasteiger partial charge < -0.3 is 9.84 Å². The van der Waals surface area contributed by atoms with Gasteiger partial charge in [-0.05, 0) is 68.2 Å². The minimum atomic E-state index is -3.68. The number of amides is 1. The number of aryl methyl sites for hydroxylation is 2. The fourth-order valence-corrected chi connectivity index (χ4v) is 5.29. The Morgan fingerprint density at radius 1 is 1.26 bits per heavy atom. The lowest BCUT2D eigenvalue weighted by Gasteiger charge is -2.07. The van der Waals surface area contributed by atoms with Gasteiger partial charge in [0.25, 0.3) is 10.0 Å². The molecule has 162 valence electrons. The highest BCUT2D eigenvalue weighted by molar-refractivity contribution is 7.94. The number of carbonyl (C=O) groups is 1. The van der Waals surface area contributed by atoms with Crippen molar-refractivity contribution < 1.29 is 17.7 Å². The number of hydrogen-bond acceptors (Lipinski definition) is 6. The van der Waals surface area contributed by atoms with Crippen molar-refractivity contribution in [3.8, 4) is 0 Å². The van der Waals surface area contributed by atoms with Crippen molar-refractivity contribution in [1.29, 1.82) is 0 Å². The molecule has 31 heavy (non-hydrogen) atoms. The van der Waals surface area contributed by atoms with Crippen molar-refractivity contribution in [2.75, 3.05) is 10.0 Å². The average Bonchev–Trinajstić information content (AvgIpc) is 3.39. The SMILES string of the molecule is CCc1cccc(NS(=O)(=O)c2ccc(/C=C/c3onc(C)c3NC(=O)C3CC3)s2)c1. The van der Waals surface area contributed by atoms with Crippen LogP contribution in [-0.4, -0.2) is 19.5 Å². The number of carbonyl (C=O) groups excluding carboxylic acids is 1. The number of sulfonamides is 1. The summed E-state index contributed by atoms with van der Waals surface area (Å²) in [5.41, 5.74) is 2.75. The van der Waals surface area contributed by atoms with E-state index in [-0.39, 0.29) is 16.0 Å². The van der Waals surface area contributed by atoms with Gasteiger partial charge in [0.05, 0.1) is 0 Å². The summed E-state index contributed by atoms with van der Waals surface area (Å²) in [5.74, 6) is 0.476. The third-order valence-electron chi connectivity index (χ3n) is 4.94. The van der Waals surface area contributed by atoms with Crippen molar-refractivity contribution in [2.45, 2.75) is 37.3 Å². The van der Waals surface area contributed by atoms with Crippen LogP contribution < -0.4 is 10.0 Å². The molecule has 0 bridgehead atoms. The van der Waals surface area contributed by atoms with E-state index in [0.717, 1.165) is 41.0 Å². The quantitative estimate of drug-likeness (QED) is 0.500. The maximum Gasteiger partial charge on any atom is 0.271 e. The second-order valence-corrected chi connectivity index (χ2v) is 10.4. The molecule has 1 aromatic carbocycles. The smallest absolute Gasteiger partial charge is 0.271 e. The van der Waals surface area contributed by atoms with E-state index in [1.165, 1.54) is 0 Å². The van der Waals surface area contributed by atoms with Crippen molar-refractivity contribution >= 4 is 50.8 Å². The number of rotatable bonds is 8. The summed E-state index contributed by atoms with van der Waals surface area (Å²) >= 11 is 1.14. The Balaban J connectivity index is 1.49. The standard InChI is InChI=1S/C22H23N3O4S2/c1-3-15-5-4-6-17(13-15)25-31(27,28)20-12-10-18(30-20)9-11-19-21(14(2)24-29-19)23-22(26)16-7-8-16/h4-6,9-13,16,25H,3,7-8H2,1-2H3,(H,23,26)/b11-9+. The Morgan fingerprint density at radius 2 is 2.06 bits per heavy atom. The van der Waals surface area contributed by atoms with E-state index in [0.29, 0.717) is 22.8 Å². The number of benzene rings is 1. The molecule has 9 heteroatoms. The van der Waals surface area contributed by atoms with Crippen molar-refractivity contribution in [3.63, 3.8) is 0 Å². The number of nitrogens with one attached hydrogen (secondary N) is 2. The molecule has 0 atom stereocenters. The summed E-state index contributed by atoms with van der Waals surface area (Å²) < 4.78 is 33.6. The summed E-state index contributed by atoms with van der Waals surface area (Å²) in [4.78, 5) is 12.8. The van der Waals surface area contributed by atoms with Gasteiger partial charge in [-0.3, -0.25) is 9.52 Å². The monoisotopic (exact) mass is 457 g/mol. The van der Waals surface area contributed by atoms with Gasteiger partial charge in [0.15, 0.2) is 5.76 Å². The van der Waals surface area contributed by atoms with Crippen LogP contribution in [0.5, 0.6) is 0 Å². The maximum absolute atomic E-state index is 12.7. The van der Waals surface area contributed by atoms with Crippen LogP contribution in [0, 0.1) is 12.8 Å². The van der Waals surface area contributed by atoms with Crippen LogP contribution in [0.2, 0.25) is 0 Å². The molecule has 0 aliphatic heterocycles. The van der Waals surface area contributed by atoms with Gasteiger partial charge in [0.1, 0.15) is 15.6 Å². The van der Waals surface area contributed by atoms with Crippen LogP contribution in [0.4, 0.5) is 11.4 Å². The Morgan fingerprint density at radius 3 is 2.81 bits per heavy atom. The fraction of sp³-hybridized carbons (Fsp3) is 0.273. The van der Waals surface area contributed by atoms with Gasteiger partial charge in [-0.1, -0.05) is 24.2 Å². The molecule has 1 saturated carbocycles. The summed E-state index contributed by atoms with van der Waals surface area (Å²) in [6.45, 7) is 3.78. The molecule has 1 amide bonds. The molecule has 0 spiro atoms. The molecule has 1 aliphatic rings. The second-order valence-electron chi connectivity index (χ2n) is 7.42. The first-order valence-electron chi connectivity index (χ1n) is 10.0. The summed E-state index contributed by atoms with van der Waals surface area (Å²) in [7, 11) is -3.68. The zero-order valence-electron chi connectivity index (χ0n) is 17.2. The Bertz CT molecular complexity index is 1240. The molecular weight excluding hydrogens is 434 g/mol. The molecule has 4 rings (SSSR count). The lowest BCUT2D eigenvalue weighted by Crippen LogP contribution is -2.14. The van der Waals surface area contributed by atoms with Crippen LogP contribution >= 0.6 is 11.3 Å². The predicted molar refractivity (Wildman–Crippen MR) is 122 cm³/mol. The van der Waals surface area contributed by atoms with Crippen LogP contribution in [0.25, 0.3) is 12.2 Å². The van der Waals surface area contributed by atoms with Gasteiger partial charge in [-0.15, -0.1) is 11.3 Å². The minimum Gasteiger partial charge on any atom is -0.354 e. The van der Waals surface area contributed by atoms with Crippen molar-refractivity contribution in [2.24, 2.45) is 5.92 Å². The number of anilines is 2. The first-order chi connectivity index (χ1) is 14.9. The first kappa shape index (κ1) is 21.3. The Kier molecular flexibility index (Phi) is 5.97. The lowest BCUT2D eigenvalue weighted by molar-refractivity contribution is -0.117. The molecule has 0 unspecified atom stereocenters. The van der Waals surface area contributed by atoms with Crippen molar-refractivity contribution in [3.05, 3.63) is 58.3 Å². The van der Waals surface area contributed by atoms with Crippen LogP contribution in [-0.2, 0) is 21.2 Å². The molecule has 2 N–H and O–H groups in total. The zero-order valence-corrected chi connectivity index (χ0v) is 18.8. The predicted octanol–water partition coefficient (Wildman–Crippen LogP) is 4.93. The largest absolute Gasteiger partial charge is 0.354 e. The van der Waals surface area contributed by atoms with Gasteiger partial charge >= 0.3 is 0 Å². The Hall–Kier alpha value is -2.91. The highest BCUT2D eigenvalue weighted by Gasteiger charge is 2.30. The molecule has 2 aromatic heterocycles. The maximum atomic E-state index is 12.7. The fourth-order valence-electron chi connectivity index (χ4n) is 3.01. The average molecular weight is 458 g/mol. The van der Waals surface area contributed by atoms with E-state index >= 15 is 0 Å². The van der Waals surface area contributed by atoms with E-state index in [1.807, 2.05) is 25.1 Å². The first-order valence-corrected chi connectivity index (χ1v) is 12.3. The number of aromatic nitrogens is 1. The van der Waals surface area contributed by atoms with E-state index in [9.17, 15) is 13.2 Å². The van der Waals surface area contributed by atoms with Crippen LogP contribution in [0.1, 0.15) is 41.7 Å². The van der Waals surface area contributed by atoms with Gasteiger partial charge in [0.2, 0.25) is 5.91 Å². The number of thiophene rings is 1. The third-order valence-corrected chi connectivity index (χ3v) is 7.86. The van der Waals surface area contributed by atoms with Gasteiger partial charge in [-0.2, -0.15) is 0 Å². The number of nitrogens with zero attached hydrogens (tertiary/aromatic N) is 1. The second kappa shape index (κ2) is 8.68. The molecule has 2 heterocycles. The molecule has 3 aromatic rings. The normalized spacial score (nSPS) is 14.1. The van der Waals surface area contributed by atoms with Crippen LogP contribution in [0.15, 0.2) is 45.1 Å². The Labute approximate surface area is 185 Å². The number of hydrogen-bond donors (Lipinski definition) is 2. The van der Waals surface area contributed by atoms with Gasteiger partial charge in [-0.25, -0.2) is 8.42 Å². The van der Waals surface area contributed by atoms with Crippen LogP contribution in [0.3, 0.4) is 0 Å². The summed E-state index contributed by atoms with van der Waals surface area (Å²) in [5, 5.41) is 6.80. The highest BCUT2D eigenvalue weighted by atomic mass is 32.2. The van der Waals surface area contributed by atoms with E-state index in [2.05, 4.69) is 15.2 Å². The molecule has 7 nitrogen and oxygen atoms in total. The summed E-state index contributed by atoms with van der Waals surface area (Å²) in [6, 6.07) is 10.6. The molecule has 1 aliphatic carbocycles. The van der Waals surface area contributed by atoms with E-state index in [1.54, 1.807) is 37.3 Å². The third kappa shape index (κ3) is 5.05. The molecule has 0 saturated heterocycles. The molecule has 0 radical (unpaired) electrons. The van der Waals surface area contributed by atoms with Gasteiger partial charge in [0, 0.05) is 16.5 Å². The van der Waals surface area contributed by atoms with E-state index < -0.39 is 10.0 Å². The lowest BCUT2D eigenvalue weighted by atomic mass is 10.1. The zero-order chi connectivity index (χ0) is 22.0. The topological polar surface area (TPSA) is 101 Å². The van der Waals surface area contributed by atoms with Crippen molar-refractivity contribution in [1.82, 2.24) is 5.16 Å².